The number of hydrogen-bond acceptors (Lipinski definition) is 8. The zero-order chi connectivity index (χ0) is 23.7. The first-order valence-corrected chi connectivity index (χ1v) is 13.2. The average molecular weight is 480 g/mol. The van der Waals surface area contributed by atoms with Crippen LogP contribution in [0, 0.1) is 34.5 Å². The fraction of sp³-hybridized carbons (Fsp3) is 1.00. The molecule has 8 nitrogen and oxygen atoms in total. The predicted molar refractivity (Wildman–Crippen MR) is 121 cm³/mol. The molecule has 3 spiro atoms. The topological polar surface area (TPSA) is 78.9 Å². The number of piperidine rings is 1. The lowest BCUT2D eigenvalue weighted by Crippen LogP contribution is -2.81. The molecule has 1 N–H and O–H groups in total. The minimum atomic E-state index is -0.648. The van der Waals surface area contributed by atoms with Crippen LogP contribution in [0.25, 0.3) is 0 Å². The Balaban J connectivity index is 1.57. The van der Waals surface area contributed by atoms with Gasteiger partial charge in [-0.3, -0.25) is 4.90 Å². The second-order valence-corrected chi connectivity index (χ2v) is 12.2. The number of likely N-dealkylation sites (N-methyl/N-ethyl adjacent to an activating group) is 1. The van der Waals surface area contributed by atoms with Crippen molar-refractivity contribution in [1.82, 2.24) is 4.90 Å². The maximum atomic E-state index is 11.1. The Hall–Kier alpha value is -0.320. The van der Waals surface area contributed by atoms with Crippen LogP contribution in [0.2, 0.25) is 0 Å². The summed E-state index contributed by atoms with van der Waals surface area (Å²) >= 11 is 0. The third kappa shape index (κ3) is 2.01. The van der Waals surface area contributed by atoms with E-state index >= 15 is 0 Å². The molecule has 13 atom stereocenters. The lowest BCUT2D eigenvalue weighted by molar-refractivity contribution is -0.286. The number of methoxy groups -OCH3 is 4. The number of likely N-dealkylation sites (tertiary alicyclic amines) is 1. The number of hydrogen-bond donors (Lipinski definition) is 1. The van der Waals surface area contributed by atoms with E-state index in [0.29, 0.717) is 11.8 Å². The van der Waals surface area contributed by atoms with Crippen molar-refractivity contribution in [2.45, 2.75) is 74.3 Å². The van der Waals surface area contributed by atoms with Crippen molar-refractivity contribution in [3.63, 3.8) is 0 Å². The molecule has 0 aromatic carbocycles. The number of aliphatic hydroxyl groups excluding tert-OH is 1. The van der Waals surface area contributed by atoms with E-state index in [2.05, 4.69) is 11.8 Å². The molecule has 0 amide bonds. The minimum absolute atomic E-state index is 0.0521. The van der Waals surface area contributed by atoms with Gasteiger partial charge in [-0.15, -0.1) is 0 Å². The number of fused-ring (bicyclic) bond motifs is 1. The van der Waals surface area contributed by atoms with Gasteiger partial charge in [-0.05, 0) is 31.7 Å². The summed E-state index contributed by atoms with van der Waals surface area (Å²) in [5.41, 5.74) is -1.62. The molecule has 34 heavy (non-hydrogen) atoms. The van der Waals surface area contributed by atoms with E-state index in [1.54, 1.807) is 0 Å². The van der Waals surface area contributed by atoms with E-state index < -0.39 is 11.2 Å². The van der Waals surface area contributed by atoms with Crippen molar-refractivity contribution in [2.24, 2.45) is 34.5 Å². The average Bonchev–Trinajstić information content (AvgIpc) is 3.44. The highest BCUT2D eigenvalue weighted by molar-refractivity contribution is 5.43. The fourth-order valence-corrected chi connectivity index (χ4v) is 11.7. The van der Waals surface area contributed by atoms with Crippen LogP contribution >= 0.6 is 0 Å². The Morgan fingerprint density at radius 2 is 1.88 bits per heavy atom. The Labute approximate surface area is 202 Å². The highest BCUT2D eigenvalue weighted by Crippen LogP contribution is 2.82. The summed E-state index contributed by atoms with van der Waals surface area (Å²) in [6.07, 6.45) is 3.74. The molecule has 0 unspecified atom stereocenters. The predicted octanol–water partition coefficient (Wildman–Crippen LogP) is 1.29. The molecule has 7 fully saturated rings. The molecule has 7 aliphatic rings. The van der Waals surface area contributed by atoms with Crippen molar-refractivity contribution in [2.75, 3.05) is 54.9 Å². The lowest BCUT2D eigenvalue weighted by atomic mass is 9.42. The molecule has 2 heterocycles. The molecule has 2 aliphatic heterocycles. The first-order valence-electron chi connectivity index (χ1n) is 13.2. The smallest absolute Gasteiger partial charge is 0.148 e. The van der Waals surface area contributed by atoms with Crippen molar-refractivity contribution in [1.29, 1.82) is 0 Å². The second-order valence-electron chi connectivity index (χ2n) is 12.2. The lowest BCUT2D eigenvalue weighted by Gasteiger charge is -2.70. The van der Waals surface area contributed by atoms with Gasteiger partial charge in [0, 0.05) is 70.0 Å². The van der Waals surface area contributed by atoms with Gasteiger partial charge in [0.05, 0.1) is 37.1 Å². The van der Waals surface area contributed by atoms with Crippen LogP contribution in [0.5, 0.6) is 0 Å². The molecule has 0 aromatic heterocycles. The molecule has 2 saturated heterocycles. The Kier molecular flexibility index (Phi) is 4.81. The van der Waals surface area contributed by atoms with Crippen LogP contribution < -0.4 is 0 Å². The van der Waals surface area contributed by atoms with Gasteiger partial charge in [-0.1, -0.05) is 6.92 Å². The van der Waals surface area contributed by atoms with Crippen molar-refractivity contribution >= 4 is 0 Å². The third-order valence-electron chi connectivity index (χ3n) is 12.2. The normalized spacial score (nSPS) is 61.1. The van der Waals surface area contributed by atoms with Crippen LogP contribution in [0.15, 0.2) is 0 Å². The Morgan fingerprint density at radius 3 is 2.53 bits per heavy atom. The summed E-state index contributed by atoms with van der Waals surface area (Å²) < 4.78 is 39.3. The standard InChI is InChI=1S/C26H41NO7/c1-6-27-11-23(12-28)8-7-17(30-3)25-15-9-14-16(29-2)10-24(18(15)19(14)31-4)26(22(25)27,34-13-33-24)21(32-5)20(23)25/h14-22,28H,6-13H2,1-5H3/t14-,15-,16+,17+,18-,19+,20-,21+,22+,23+,24-,25+,26-/m1/s1. The number of ether oxygens (including phenoxy) is 6. The Bertz CT molecular complexity index is 859. The van der Waals surface area contributed by atoms with Gasteiger partial charge in [-0.2, -0.15) is 0 Å². The first kappa shape index (κ1) is 22.8. The van der Waals surface area contributed by atoms with E-state index in [-0.39, 0.29) is 66.5 Å². The third-order valence-corrected chi connectivity index (χ3v) is 12.2. The van der Waals surface area contributed by atoms with E-state index in [1.165, 1.54) is 0 Å². The van der Waals surface area contributed by atoms with Gasteiger partial charge in [0.15, 0.2) is 0 Å². The molecule has 192 valence electrons. The van der Waals surface area contributed by atoms with Crippen molar-refractivity contribution in [3.05, 3.63) is 0 Å². The minimum Gasteiger partial charge on any atom is -0.396 e. The maximum absolute atomic E-state index is 11.1. The van der Waals surface area contributed by atoms with E-state index in [1.807, 2.05) is 28.4 Å². The molecule has 8 heteroatoms. The SMILES string of the molecule is CCN1C[C@]2(CO)CC[C@H](OC)[C@@]34[C@@H]5C[C@H]6[C@H](OC)[C@@H]5[C@@]5(C[C@@H]6OC)OCO[C@]5([C@@H](OC)[C@H]23)[C@@H]14. The fourth-order valence-electron chi connectivity index (χ4n) is 11.7. The molecule has 0 radical (unpaired) electrons. The summed E-state index contributed by atoms with van der Waals surface area (Å²) in [5.74, 6) is 0.996. The van der Waals surface area contributed by atoms with Gasteiger partial charge >= 0.3 is 0 Å². The van der Waals surface area contributed by atoms with Crippen LogP contribution in [-0.2, 0) is 28.4 Å². The molecule has 7 rings (SSSR count). The first-order chi connectivity index (χ1) is 16.5. The molecular formula is C26H41NO7. The number of nitrogens with zero attached hydrogens (tertiary/aromatic N) is 1. The Morgan fingerprint density at radius 1 is 1.06 bits per heavy atom. The van der Waals surface area contributed by atoms with Crippen LogP contribution in [0.3, 0.4) is 0 Å². The van der Waals surface area contributed by atoms with E-state index in [9.17, 15) is 5.11 Å². The summed E-state index contributed by atoms with van der Waals surface area (Å²) in [7, 11) is 7.39. The number of aliphatic hydroxyl groups is 1. The molecule has 5 saturated carbocycles. The second kappa shape index (κ2) is 7.16. The van der Waals surface area contributed by atoms with Gasteiger partial charge in [-0.25, -0.2) is 0 Å². The summed E-state index contributed by atoms with van der Waals surface area (Å²) in [4.78, 5) is 2.61. The molecule has 0 aromatic rings. The van der Waals surface area contributed by atoms with Crippen LogP contribution in [-0.4, -0.2) is 107 Å². The molecular weight excluding hydrogens is 438 g/mol. The van der Waals surface area contributed by atoms with Crippen LogP contribution in [0.4, 0.5) is 0 Å². The molecule has 7 bridgehead atoms. The van der Waals surface area contributed by atoms with Gasteiger partial charge in [0.25, 0.3) is 0 Å². The summed E-state index contributed by atoms with van der Waals surface area (Å²) in [6.45, 7) is 4.45. The molecule has 5 aliphatic carbocycles. The van der Waals surface area contributed by atoms with Gasteiger partial charge in [0.2, 0.25) is 0 Å². The van der Waals surface area contributed by atoms with E-state index in [4.69, 9.17) is 28.4 Å². The van der Waals surface area contributed by atoms with Crippen molar-refractivity contribution < 1.29 is 33.5 Å². The largest absolute Gasteiger partial charge is 0.396 e. The number of rotatable bonds is 6. The monoisotopic (exact) mass is 479 g/mol. The van der Waals surface area contributed by atoms with Gasteiger partial charge in [0.1, 0.15) is 18.0 Å². The highest BCUT2D eigenvalue weighted by atomic mass is 16.7. The maximum Gasteiger partial charge on any atom is 0.148 e. The summed E-state index contributed by atoms with van der Waals surface area (Å²) in [5, 5.41) is 11.1. The van der Waals surface area contributed by atoms with Crippen LogP contribution in [0.1, 0.15) is 32.6 Å². The van der Waals surface area contributed by atoms with Crippen molar-refractivity contribution in [3.8, 4) is 0 Å². The van der Waals surface area contributed by atoms with E-state index in [0.717, 1.165) is 38.8 Å². The van der Waals surface area contributed by atoms with Gasteiger partial charge < -0.3 is 33.5 Å². The zero-order valence-corrected chi connectivity index (χ0v) is 21.2. The zero-order valence-electron chi connectivity index (χ0n) is 21.2. The quantitative estimate of drug-likeness (QED) is 0.611. The highest BCUT2D eigenvalue weighted by Gasteiger charge is 2.93. The summed E-state index contributed by atoms with van der Waals surface area (Å²) in [6, 6.07) is 0.112.